The Morgan fingerprint density at radius 1 is 0.909 bits per heavy atom. The highest BCUT2D eigenvalue weighted by Gasteiger charge is 2.33. The van der Waals surface area contributed by atoms with Crippen molar-refractivity contribution in [2.75, 3.05) is 39.6 Å². The van der Waals surface area contributed by atoms with Gasteiger partial charge in [-0.3, -0.25) is 0 Å². The van der Waals surface area contributed by atoms with E-state index in [2.05, 4.69) is 6.58 Å². The summed E-state index contributed by atoms with van der Waals surface area (Å²) in [4.78, 5) is 0. The normalized spacial score (nSPS) is 29.8. The number of ether oxygens (including phenoxy) is 6. The van der Waals surface area contributed by atoms with Gasteiger partial charge in [0.15, 0.2) is 11.6 Å². The average Bonchev–Trinajstić information content (AvgIpc) is 2.92. The lowest BCUT2D eigenvalue weighted by Gasteiger charge is -2.18. The van der Waals surface area contributed by atoms with Crippen LogP contribution in [-0.4, -0.2) is 63.4 Å². The van der Waals surface area contributed by atoms with Crippen molar-refractivity contribution in [2.24, 2.45) is 0 Å². The lowest BCUT2D eigenvalue weighted by atomic mass is 10.3. The predicted molar refractivity (Wildman–Crippen MR) is 80.6 cm³/mol. The van der Waals surface area contributed by atoms with Crippen LogP contribution in [0.1, 0.15) is 27.7 Å². The molecule has 2 rings (SSSR count). The molecule has 0 aromatic carbocycles. The van der Waals surface area contributed by atoms with Crippen molar-refractivity contribution < 1.29 is 28.4 Å². The van der Waals surface area contributed by atoms with Crippen LogP contribution < -0.4 is 0 Å². The Balaban J connectivity index is 1.50. The largest absolute Gasteiger partial charge is 0.374 e. The smallest absolute Gasteiger partial charge is 0.163 e. The average molecular weight is 316 g/mol. The highest BCUT2D eigenvalue weighted by atomic mass is 16.8. The Kier molecular flexibility index (Phi) is 5.99. The molecule has 2 aliphatic rings. The molecule has 6 heteroatoms. The van der Waals surface area contributed by atoms with E-state index in [1.807, 2.05) is 27.7 Å². The van der Waals surface area contributed by atoms with Crippen LogP contribution in [0.3, 0.4) is 0 Å². The van der Waals surface area contributed by atoms with Gasteiger partial charge in [-0.15, -0.1) is 0 Å². The summed E-state index contributed by atoms with van der Waals surface area (Å²) in [5.74, 6) is -1.02. The Labute approximate surface area is 132 Å². The van der Waals surface area contributed by atoms with Crippen molar-refractivity contribution in [1.82, 2.24) is 0 Å². The highest BCUT2D eigenvalue weighted by Crippen LogP contribution is 2.23. The summed E-state index contributed by atoms with van der Waals surface area (Å²) in [7, 11) is 0. The summed E-state index contributed by atoms with van der Waals surface area (Å²) in [6.07, 6.45) is -0.0371. The minimum atomic E-state index is -0.509. The fourth-order valence-electron chi connectivity index (χ4n) is 2.40. The molecule has 2 aliphatic heterocycles. The molecule has 22 heavy (non-hydrogen) atoms. The van der Waals surface area contributed by atoms with Gasteiger partial charge in [-0.1, -0.05) is 6.58 Å². The van der Waals surface area contributed by atoms with Crippen LogP contribution in [0, 0.1) is 0 Å². The summed E-state index contributed by atoms with van der Waals surface area (Å²) >= 11 is 0. The van der Waals surface area contributed by atoms with Crippen LogP contribution in [0.25, 0.3) is 0 Å². The second kappa shape index (κ2) is 7.38. The molecule has 2 atom stereocenters. The van der Waals surface area contributed by atoms with Gasteiger partial charge in [0, 0.05) is 0 Å². The first-order valence-corrected chi connectivity index (χ1v) is 7.71. The van der Waals surface area contributed by atoms with Gasteiger partial charge < -0.3 is 28.4 Å². The maximum Gasteiger partial charge on any atom is 0.163 e. The van der Waals surface area contributed by atoms with E-state index in [0.717, 1.165) is 5.57 Å². The molecule has 0 bridgehead atoms. The second-order valence-electron chi connectivity index (χ2n) is 6.68. The van der Waals surface area contributed by atoms with Gasteiger partial charge in [-0.2, -0.15) is 0 Å². The minimum absolute atomic E-state index is 0.0185. The molecule has 0 amide bonds. The molecule has 6 nitrogen and oxygen atoms in total. The van der Waals surface area contributed by atoms with Gasteiger partial charge >= 0.3 is 0 Å². The molecule has 128 valence electrons. The topological polar surface area (TPSA) is 55.4 Å². The van der Waals surface area contributed by atoms with E-state index in [4.69, 9.17) is 28.4 Å². The zero-order chi connectivity index (χ0) is 16.2. The van der Waals surface area contributed by atoms with Crippen LogP contribution >= 0.6 is 0 Å². The molecule has 0 aromatic rings. The monoisotopic (exact) mass is 316 g/mol. The number of hydrogen-bond donors (Lipinski definition) is 0. The molecule has 0 spiro atoms. The van der Waals surface area contributed by atoms with Gasteiger partial charge in [-0.05, 0) is 33.3 Å². The molecule has 0 aromatic heterocycles. The summed E-state index contributed by atoms with van der Waals surface area (Å²) in [6, 6.07) is 0. The van der Waals surface area contributed by atoms with Crippen molar-refractivity contribution in [3.63, 3.8) is 0 Å². The molecular weight excluding hydrogens is 288 g/mol. The minimum Gasteiger partial charge on any atom is -0.374 e. The third-order valence-corrected chi connectivity index (χ3v) is 3.35. The van der Waals surface area contributed by atoms with Crippen molar-refractivity contribution in [3.05, 3.63) is 12.2 Å². The van der Waals surface area contributed by atoms with Gasteiger partial charge in [0.1, 0.15) is 12.2 Å². The molecule has 2 heterocycles. The van der Waals surface area contributed by atoms with Crippen LogP contribution in [0.5, 0.6) is 0 Å². The van der Waals surface area contributed by atoms with Crippen LogP contribution in [-0.2, 0) is 28.4 Å². The lowest BCUT2D eigenvalue weighted by Crippen LogP contribution is -2.25. The molecule has 0 radical (unpaired) electrons. The molecule has 0 aliphatic carbocycles. The number of rotatable bonds is 8. The van der Waals surface area contributed by atoms with Crippen molar-refractivity contribution >= 4 is 0 Å². The Hall–Kier alpha value is -0.500. The summed E-state index contributed by atoms with van der Waals surface area (Å²) in [5, 5.41) is 0. The Morgan fingerprint density at radius 2 is 1.32 bits per heavy atom. The van der Waals surface area contributed by atoms with Crippen molar-refractivity contribution in [3.8, 4) is 0 Å². The van der Waals surface area contributed by atoms with E-state index < -0.39 is 11.6 Å². The van der Waals surface area contributed by atoms with Crippen LogP contribution in [0.15, 0.2) is 12.2 Å². The van der Waals surface area contributed by atoms with E-state index in [-0.39, 0.29) is 12.2 Å². The van der Waals surface area contributed by atoms with Crippen molar-refractivity contribution in [2.45, 2.75) is 51.5 Å². The quantitative estimate of drug-likeness (QED) is 0.637. The maximum absolute atomic E-state index is 5.66. The molecule has 2 fully saturated rings. The molecular formula is C16H28O6. The third kappa shape index (κ3) is 5.95. The first-order valence-electron chi connectivity index (χ1n) is 7.71. The SMILES string of the molecule is C=C(COC[C@H]1COC(C)(C)O1)COC[C@H]1COC(C)(C)O1. The standard InChI is InChI=1S/C16H28O6/c1-12(6-17-8-13-10-19-15(2,3)21-13)7-18-9-14-11-20-16(4,5)22-14/h13-14H,1,6-11H2,2-5H3/t13-,14-/m0/s1. The first kappa shape index (κ1) is 17.8. The van der Waals surface area contributed by atoms with Crippen LogP contribution in [0.2, 0.25) is 0 Å². The van der Waals surface area contributed by atoms with E-state index in [0.29, 0.717) is 39.6 Å². The van der Waals surface area contributed by atoms with Gasteiger partial charge in [0.2, 0.25) is 0 Å². The fourth-order valence-corrected chi connectivity index (χ4v) is 2.40. The fraction of sp³-hybridized carbons (Fsp3) is 0.875. The van der Waals surface area contributed by atoms with Gasteiger partial charge in [-0.25, -0.2) is 0 Å². The zero-order valence-corrected chi connectivity index (χ0v) is 14.1. The summed E-state index contributed by atoms with van der Waals surface area (Å²) in [6.45, 7) is 14.6. The Morgan fingerprint density at radius 3 is 1.64 bits per heavy atom. The van der Waals surface area contributed by atoms with Crippen LogP contribution in [0.4, 0.5) is 0 Å². The molecule has 2 saturated heterocycles. The predicted octanol–water partition coefficient (Wildman–Crippen LogP) is 1.88. The Bertz CT molecular complexity index is 345. The molecule has 0 N–H and O–H groups in total. The summed E-state index contributed by atoms with van der Waals surface area (Å²) < 4.78 is 33.4. The van der Waals surface area contributed by atoms with E-state index in [9.17, 15) is 0 Å². The second-order valence-corrected chi connectivity index (χ2v) is 6.68. The summed E-state index contributed by atoms with van der Waals surface area (Å²) in [5.41, 5.74) is 0.886. The lowest BCUT2D eigenvalue weighted by molar-refractivity contribution is -0.145. The van der Waals surface area contributed by atoms with E-state index in [1.54, 1.807) is 0 Å². The number of hydrogen-bond acceptors (Lipinski definition) is 6. The third-order valence-electron chi connectivity index (χ3n) is 3.35. The van der Waals surface area contributed by atoms with Gasteiger partial charge in [0.05, 0.1) is 39.6 Å². The zero-order valence-electron chi connectivity index (χ0n) is 14.1. The molecule has 0 saturated carbocycles. The van der Waals surface area contributed by atoms with E-state index >= 15 is 0 Å². The maximum atomic E-state index is 5.66. The van der Waals surface area contributed by atoms with E-state index in [1.165, 1.54) is 0 Å². The van der Waals surface area contributed by atoms with Crippen molar-refractivity contribution in [1.29, 1.82) is 0 Å². The molecule has 0 unspecified atom stereocenters. The van der Waals surface area contributed by atoms with Gasteiger partial charge in [0.25, 0.3) is 0 Å². The first-order chi connectivity index (χ1) is 10.3. The highest BCUT2D eigenvalue weighted by molar-refractivity contribution is 4.94.